The van der Waals surface area contributed by atoms with Crippen molar-refractivity contribution in [1.29, 1.82) is 0 Å². The Bertz CT molecular complexity index is 560. The Labute approximate surface area is 144 Å². The van der Waals surface area contributed by atoms with Crippen LogP contribution in [0.25, 0.3) is 0 Å². The number of amides is 1. The van der Waals surface area contributed by atoms with Crippen molar-refractivity contribution in [2.45, 2.75) is 32.0 Å². The number of benzene rings is 2. The molecule has 128 valence electrons. The number of carbonyl (C=O) groups excluding carboxylic acids is 1. The fourth-order valence-corrected chi connectivity index (χ4v) is 2.62. The van der Waals surface area contributed by atoms with Gasteiger partial charge in [0.15, 0.2) is 0 Å². The van der Waals surface area contributed by atoms with Gasteiger partial charge in [0.2, 0.25) is 5.91 Å². The fraction of sp³-hybridized carbons (Fsp3) is 0.350. The van der Waals surface area contributed by atoms with E-state index in [0.29, 0.717) is 26.1 Å². The highest BCUT2D eigenvalue weighted by atomic mass is 16.5. The van der Waals surface area contributed by atoms with Crippen LogP contribution < -0.4 is 5.73 Å². The van der Waals surface area contributed by atoms with E-state index in [1.54, 1.807) is 7.11 Å². The molecule has 1 unspecified atom stereocenters. The summed E-state index contributed by atoms with van der Waals surface area (Å²) >= 11 is 0. The molecule has 0 radical (unpaired) electrons. The zero-order chi connectivity index (χ0) is 17.2. The maximum Gasteiger partial charge on any atom is 0.240 e. The van der Waals surface area contributed by atoms with Crippen LogP contribution in [0.15, 0.2) is 60.7 Å². The molecule has 2 N–H and O–H groups in total. The van der Waals surface area contributed by atoms with E-state index in [2.05, 4.69) is 0 Å². The summed E-state index contributed by atoms with van der Waals surface area (Å²) in [7, 11) is 1.66. The van der Waals surface area contributed by atoms with Gasteiger partial charge in [-0.25, -0.2) is 0 Å². The zero-order valence-corrected chi connectivity index (χ0v) is 14.2. The number of methoxy groups -OCH3 is 1. The molecule has 0 bridgehead atoms. The Morgan fingerprint density at radius 3 is 1.96 bits per heavy atom. The summed E-state index contributed by atoms with van der Waals surface area (Å²) in [6, 6.07) is 19.5. The van der Waals surface area contributed by atoms with Gasteiger partial charge in [0.05, 0.1) is 6.04 Å². The lowest BCUT2D eigenvalue weighted by Gasteiger charge is -2.26. The van der Waals surface area contributed by atoms with Gasteiger partial charge in [0.25, 0.3) is 0 Å². The summed E-state index contributed by atoms with van der Waals surface area (Å²) in [5, 5.41) is 0. The lowest BCUT2D eigenvalue weighted by Crippen LogP contribution is -2.43. The summed E-state index contributed by atoms with van der Waals surface area (Å²) in [4.78, 5) is 14.6. The first kappa shape index (κ1) is 18.2. The molecular weight excluding hydrogens is 300 g/mol. The van der Waals surface area contributed by atoms with E-state index in [1.807, 2.05) is 65.6 Å². The summed E-state index contributed by atoms with van der Waals surface area (Å²) < 4.78 is 5.04. The molecule has 4 nitrogen and oxygen atoms in total. The number of rotatable bonds is 9. The van der Waals surface area contributed by atoms with Crippen molar-refractivity contribution in [2.75, 3.05) is 13.7 Å². The highest BCUT2D eigenvalue weighted by Gasteiger charge is 2.21. The Balaban J connectivity index is 2.07. The molecule has 0 heterocycles. The van der Waals surface area contributed by atoms with Crippen molar-refractivity contribution < 1.29 is 9.53 Å². The van der Waals surface area contributed by atoms with Crippen LogP contribution in [0, 0.1) is 0 Å². The van der Waals surface area contributed by atoms with Crippen molar-refractivity contribution in [3.8, 4) is 0 Å². The third kappa shape index (κ3) is 5.80. The number of ether oxygens (including phenoxy) is 1. The normalized spacial score (nSPS) is 11.9. The Morgan fingerprint density at radius 1 is 1.00 bits per heavy atom. The molecule has 0 aliphatic rings. The number of nitrogens with two attached hydrogens (primary N) is 1. The van der Waals surface area contributed by atoms with Crippen LogP contribution in [-0.2, 0) is 22.6 Å². The van der Waals surface area contributed by atoms with Crippen molar-refractivity contribution in [3.63, 3.8) is 0 Å². The van der Waals surface area contributed by atoms with E-state index in [9.17, 15) is 4.79 Å². The first-order valence-electron chi connectivity index (χ1n) is 8.32. The molecule has 1 amide bonds. The van der Waals surface area contributed by atoms with E-state index in [1.165, 1.54) is 0 Å². The monoisotopic (exact) mass is 326 g/mol. The van der Waals surface area contributed by atoms with Gasteiger partial charge in [-0.15, -0.1) is 0 Å². The predicted molar refractivity (Wildman–Crippen MR) is 96.2 cm³/mol. The SMILES string of the molecule is COCCCC(N)C(=O)N(Cc1ccccc1)Cc1ccccc1. The predicted octanol–water partition coefficient (Wildman–Crippen LogP) is 2.97. The second-order valence-corrected chi connectivity index (χ2v) is 5.91. The largest absolute Gasteiger partial charge is 0.385 e. The van der Waals surface area contributed by atoms with E-state index in [-0.39, 0.29) is 5.91 Å². The molecule has 0 fully saturated rings. The molecule has 4 heteroatoms. The molecule has 2 rings (SSSR count). The number of hydrogen-bond donors (Lipinski definition) is 1. The maximum atomic E-state index is 12.8. The molecule has 0 aliphatic heterocycles. The summed E-state index contributed by atoms with van der Waals surface area (Å²) in [5.41, 5.74) is 8.32. The van der Waals surface area contributed by atoms with Gasteiger partial charge in [-0.1, -0.05) is 60.7 Å². The van der Waals surface area contributed by atoms with Crippen LogP contribution in [0.3, 0.4) is 0 Å². The third-order valence-corrected chi connectivity index (χ3v) is 3.92. The summed E-state index contributed by atoms with van der Waals surface area (Å²) in [6.45, 7) is 1.75. The smallest absolute Gasteiger partial charge is 0.240 e. The fourth-order valence-electron chi connectivity index (χ4n) is 2.62. The quantitative estimate of drug-likeness (QED) is 0.721. The van der Waals surface area contributed by atoms with Crippen LogP contribution >= 0.6 is 0 Å². The zero-order valence-electron chi connectivity index (χ0n) is 14.2. The minimum Gasteiger partial charge on any atom is -0.385 e. The summed E-state index contributed by atoms with van der Waals surface area (Å²) in [6.07, 6.45) is 1.42. The number of hydrogen-bond acceptors (Lipinski definition) is 3. The second-order valence-electron chi connectivity index (χ2n) is 5.91. The van der Waals surface area contributed by atoms with E-state index < -0.39 is 6.04 Å². The Morgan fingerprint density at radius 2 is 1.50 bits per heavy atom. The molecule has 1 atom stereocenters. The van der Waals surface area contributed by atoms with Gasteiger partial charge in [-0.2, -0.15) is 0 Å². The third-order valence-electron chi connectivity index (χ3n) is 3.92. The van der Waals surface area contributed by atoms with Crippen molar-refractivity contribution >= 4 is 5.91 Å². The van der Waals surface area contributed by atoms with Gasteiger partial charge in [0, 0.05) is 26.8 Å². The maximum absolute atomic E-state index is 12.8. The van der Waals surface area contributed by atoms with Crippen LogP contribution in [0.2, 0.25) is 0 Å². The number of nitrogens with zero attached hydrogens (tertiary/aromatic N) is 1. The molecule has 0 saturated carbocycles. The topological polar surface area (TPSA) is 55.6 Å². The van der Waals surface area contributed by atoms with Crippen LogP contribution in [0.1, 0.15) is 24.0 Å². The second kappa shape index (κ2) is 9.85. The minimum absolute atomic E-state index is 0.0150. The molecule has 2 aromatic rings. The molecule has 0 saturated heterocycles. The Hall–Kier alpha value is -2.17. The van der Waals surface area contributed by atoms with Crippen LogP contribution in [0.4, 0.5) is 0 Å². The van der Waals surface area contributed by atoms with Gasteiger partial charge in [-0.3, -0.25) is 4.79 Å². The molecule has 0 aliphatic carbocycles. The van der Waals surface area contributed by atoms with Crippen molar-refractivity contribution in [1.82, 2.24) is 4.90 Å². The molecule has 24 heavy (non-hydrogen) atoms. The number of carbonyl (C=O) groups is 1. The van der Waals surface area contributed by atoms with E-state index in [0.717, 1.165) is 17.5 Å². The average Bonchev–Trinajstić information content (AvgIpc) is 2.62. The van der Waals surface area contributed by atoms with Gasteiger partial charge in [0.1, 0.15) is 0 Å². The van der Waals surface area contributed by atoms with Gasteiger partial charge < -0.3 is 15.4 Å². The standard InChI is InChI=1S/C20H26N2O2/c1-24-14-8-13-19(21)20(23)22(15-17-9-4-2-5-10-17)16-18-11-6-3-7-12-18/h2-7,9-12,19H,8,13-16,21H2,1H3. The lowest BCUT2D eigenvalue weighted by atomic mass is 10.1. The molecule has 2 aromatic carbocycles. The van der Waals surface area contributed by atoms with Gasteiger partial charge in [-0.05, 0) is 24.0 Å². The van der Waals surface area contributed by atoms with Crippen molar-refractivity contribution in [2.24, 2.45) is 5.73 Å². The summed E-state index contributed by atoms with van der Waals surface area (Å²) in [5.74, 6) is -0.0150. The first-order chi connectivity index (χ1) is 11.7. The molecule has 0 aromatic heterocycles. The highest BCUT2D eigenvalue weighted by Crippen LogP contribution is 2.12. The van der Waals surface area contributed by atoms with Gasteiger partial charge >= 0.3 is 0 Å². The van der Waals surface area contributed by atoms with E-state index in [4.69, 9.17) is 10.5 Å². The average molecular weight is 326 g/mol. The highest BCUT2D eigenvalue weighted by molar-refractivity contribution is 5.81. The lowest BCUT2D eigenvalue weighted by molar-refractivity contribution is -0.134. The van der Waals surface area contributed by atoms with Crippen LogP contribution in [0.5, 0.6) is 0 Å². The minimum atomic E-state index is -0.493. The first-order valence-corrected chi connectivity index (χ1v) is 8.32. The molecular formula is C20H26N2O2. The Kier molecular flexibility index (Phi) is 7.46. The van der Waals surface area contributed by atoms with Crippen LogP contribution in [-0.4, -0.2) is 30.6 Å². The van der Waals surface area contributed by atoms with Crippen molar-refractivity contribution in [3.05, 3.63) is 71.8 Å². The molecule has 0 spiro atoms. The van der Waals surface area contributed by atoms with E-state index >= 15 is 0 Å².